The molecule has 0 aromatic rings. The van der Waals surface area contributed by atoms with Gasteiger partial charge in [0.25, 0.3) is 0 Å². The predicted molar refractivity (Wildman–Crippen MR) is 110 cm³/mol. The Morgan fingerprint density at radius 3 is 0.710 bits per heavy atom. The van der Waals surface area contributed by atoms with Crippen LogP contribution in [0.1, 0.15) is 19.3 Å². The summed E-state index contributed by atoms with van der Waals surface area (Å²) in [6, 6.07) is 0. The van der Waals surface area contributed by atoms with Gasteiger partial charge in [-0.05, 0) is 12.8 Å². The molecule has 0 aromatic carbocycles. The van der Waals surface area contributed by atoms with Crippen LogP contribution in [0.4, 0.5) is 0 Å². The Bertz CT molecular complexity index is 308. The summed E-state index contributed by atoms with van der Waals surface area (Å²) in [5.41, 5.74) is 0. The molecule has 0 atom stereocenters. The minimum absolute atomic E-state index is 0. The van der Waals surface area contributed by atoms with E-state index >= 15 is 0 Å². The predicted octanol–water partition coefficient (Wildman–Crippen LogP) is 3.98. The van der Waals surface area contributed by atoms with Crippen molar-refractivity contribution in [2.45, 2.75) is 34.6 Å². The molecule has 0 aliphatic rings. The van der Waals surface area contributed by atoms with Crippen molar-refractivity contribution < 1.29 is 129 Å². The van der Waals surface area contributed by atoms with Crippen molar-refractivity contribution in [1.29, 1.82) is 0 Å². The molecule has 164 valence electrons. The zero-order valence-corrected chi connectivity index (χ0v) is 31.8. The first-order valence-electron chi connectivity index (χ1n) is 5.90. The minimum Gasteiger partial charge on any atom is -0.854 e. The van der Waals surface area contributed by atoms with E-state index in [-0.39, 0.29) is 128 Å². The molecule has 0 heterocycles. The maximum Gasteiger partial charge on any atom is 4.00 e. The van der Waals surface area contributed by atoms with Gasteiger partial charge in [0.2, 0.25) is 0 Å². The summed E-state index contributed by atoms with van der Waals surface area (Å²) >= 11 is 59.7. The quantitative estimate of drug-likeness (QED) is 0.318. The monoisotopic (exact) mass is 855 g/mol. The van der Waals surface area contributed by atoms with Gasteiger partial charge >= 0.3 is 109 Å². The van der Waals surface area contributed by atoms with Crippen molar-refractivity contribution in [1.82, 2.24) is 0 Å². The Hall–Kier alpha value is 6.89. The van der Waals surface area contributed by atoms with Gasteiger partial charge in [0, 0.05) is 0 Å². The van der Waals surface area contributed by atoms with E-state index in [9.17, 15) is 20.4 Å². The summed E-state index contributed by atoms with van der Waals surface area (Å²) in [6.07, 6.45) is 0.856. The van der Waals surface area contributed by atoms with Gasteiger partial charge in [0.15, 0.2) is 11.4 Å². The summed E-state index contributed by atoms with van der Waals surface area (Å²) in [5.74, 6) is 0. The van der Waals surface area contributed by atoms with E-state index < -0.39 is 22.0 Å². The van der Waals surface area contributed by atoms with E-state index in [1.165, 1.54) is 0 Å². The van der Waals surface area contributed by atoms with Crippen LogP contribution in [0.2, 0.25) is 0 Å². The average Bonchev–Trinajstić information content (AvgIpc) is 2.32. The van der Waals surface area contributed by atoms with Crippen LogP contribution >= 0.6 is 139 Å². The maximum absolute atomic E-state index is 9.80. The largest absolute Gasteiger partial charge is 4.00 e. The molecule has 31 heavy (non-hydrogen) atoms. The number of alkyl halides is 12. The summed E-state index contributed by atoms with van der Waals surface area (Å²) in [6.45, 7) is -1.19. The third-order valence-corrected chi connectivity index (χ3v) is 2.62. The van der Waals surface area contributed by atoms with Crippen LogP contribution in [0.5, 0.6) is 0 Å². The first-order valence-corrected chi connectivity index (χ1v) is 10.4. The minimum atomic E-state index is -2.33. The standard InChI is InChI=1S/C4H6Cl3O.C3H4Cl3O.C2H2Cl3O.CCl3O.5Ti/c5-4(6,7)2-1-3-8;4-3(5,6)1-2-7;3-2(4,5)1-6;2-1(3,4)5;;;;;/h1-3H2;1-2H2;1H2;;;;;;/q4*-1;5*+4. The molecule has 0 fully saturated rings. The zero-order chi connectivity index (χ0) is 22.2. The van der Waals surface area contributed by atoms with Crippen LogP contribution in [-0.4, -0.2) is 35.2 Å². The van der Waals surface area contributed by atoms with Gasteiger partial charge in [-0.2, -0.15) is 0 Å². The van der Waals surface area contributed by atoms with E-state index in [0.717, 1.165) is 0 Å². The Balaban J connectivity index is -0.0000000285. The number of hydrogen-bond donors (Lipinski definition) is 0. The molecule has 4 nitrogen and oxygen atoms in total. The Kier molecular flexibility index (Phi) is 69.6. The van der Waals surface area contributed by atoms with Crippen molar-refractivity contribution in [3.05, 3.63) is 0 Å². The van der Waals surface area contributed by atoms with Crippen LogP contribution in [0, 0.1) is 0 Å². The second-order valence-corrected chi connectivity index (χ2v) is 13.4. The molecule has 0 bridgehead atoms. The van der Waals surface area contributed by atoms with Crippen LogP contribution in [0.3, 0.4) is 0 Å². The van der Waals surface area contributed by atoms with Gasteiger partial charge in [-0.3, -0.25) is 0 Å². The fraction of sp³-hybridized carbons (Fsp3) is 1.00. The van der Waals surface area contributed by atoms with Crippen LogP contribution < -0.4 is 20.4 Å². The van der Waals surface area contributed by atoms with Crippen molar-refractivity contribution in [2.75, 3.05) is 19.8 Å². The summed E-state index contributed by atoms with van der Waals surface area (Å²) in [7, 11) is 0. The molecule has 0 aromatic heterocycles. The summed E-state index contributed by atoms with van der Waals surface area (Å²) in [4.78, 5) is 0. The van der Waals surface area contributed by atoms with Gasteiger partial charge in [0.1, 0.15) is 3.98 Å². The molecule has 0 N–H and O–H groups in total. The number of halogens is 12. The molecule has 0 amide bonds. The first kappa shape index (κ1) is 61.8. The fourth-order valence-corrected chi connectivity index (χ4v) is 1.02. The van der Waals surface area contributed by atoms with Crippen molar-refractivity contribution >= 4 is 139 Å². The molecule has 0 radical (unpaired) electrons. The first-order chi connectivity index (χ1) is 11.2. The Labute approximate surface area is 317 Å². The molecule has 0 saturated carbocycles. The number of hydrogen-bond acceptors (Lipinski definition) is 4. The Morgan fingerprint density at radius 2 is 0.677 bits per heavy atom. The van der Waals surface area contributed by atoms with Gasteiger partial charge < -0.3 is 20.4 Å². The van der Waals surface area contributed by atoms with Crippen LogP contribution in [0.15, 0.2) is 0 Å². The van der Waals surface area contributed by atoms with E-state index in [4.69, 9.17) is 104 Å². The molecular weight excluding hydrogens is 849 g/mol. The molecule has 21 heteroatoms. The molecule has 0 unspecified atom stereocenters. The third-order valence-electron chi connectivity index (χ3n) is 1.15. The smallest absolute Gasteiger partial charge is 0.854 e. The summed E-state index contributed by atoms with van der Waals surface area (Å²) in [5, 5.41) is 38.4. The number of rotatable bonds is 3. The van der Waals surface area contributed by atoms with Gasteiger partial charge in [-0.25, -0.2) is 0 Å². The van der Waals surface area contributed by atoms with Crippen LogP contribution in [0.25, 0.3) is 0 Å². The fourth-order valence-electron chi connectivity index (χ4n) is 0.388. The molecule has 0 saturated heterocycles. The zero-order valence-electron chi connectivity index (χ0n) is 14.9. The molecule has 0 aliphatic heterocycles. The van der Waals surface area contributed by atoms with E-state index in [1.807, 2.05) is 0 Å². The van der Waals surface area contributed by atoms with Gasteiger partial charge in [-0.1, -0.05) is 117 Å². The maximum atomic E-state index is 9.80. The molecular formula is C10H12Cl12O4Ti5+16. The van der Waals surface area contributed by atoms with E-state index in [0.29, 0.717) is 12.8 Å². The SMILES string of the molecule is [O-]C(Cl)(Cl)Cl.[O-]CC(Cl)(Cl)Cl.[O-]CCC(Cl)(Cl)Cl.[O-]CCCC(Cl)(Cl)Cl.[Ti+4].[Ti+4].[Ti+4].[Ti+4].[Ti+4]. The molecule has 0 aliphatic carbocycles. The normalized spacial score (nSPS) is 10.1. The van der Waals surface area contributed by atoms with E-state index in [2.05, 4.69) is 34.8 Å². The summed E-state index contributed by atoms with van der Waals surface area (Å²) < 4.78 is -6.51. The third kappa shape index (κ3) is 126. The van der Waals surface area contributed by atoms with Crippen molar-refractivity contribution in [3.63, 3.8) is 0 Å². The van der Waals surface area contributed by atoms with Gasteiger partial charge in [0.05, 0.1) is 0 Å². The average molecular weight is 861 g/mol. The van der Waals surface area contributed by atoms with Gasteiger partial charge in [-0.15, -0.1) is 48.0 Å². The topological polar surface area (TPSA) is 92.2 Å². The Morgan fingerprint density at radius 1 is 0.452 bits per heavy atom. The molecule has 0 spiro atoms. The second kappa shape index (κ2) is 34.9. The van der Waals surface area contributed by atoms with Crippen molar-refractivity contribution in [3.8, 4) is 0 Å². The molecule has 0 rings (SSSR count). The second-order valence-electron chi connectivity index (χ2n) is 3.70. The van der Waals surface area contributed by atoms with E-state index in [1.54, 1.807) is 0 Å². The van der Waals surface area contributed by atoms with Crippen molar-refractivity contribution in [2.24, 2.45) is 0 Å². The van der Waals surface area contributed by atoms with Crippen LogP contribution in [-0.2, 0) is 109 Å².